The van der Waals surface area contributed by atoms with Gasteiger partial charge in [0.1, 0.15) is 5.75 Å². The summed E-state index contributed by atoms with van der Waals surface area (Å²) in [4.78, 5) is 12.3. The van der Waals surface area contributed by atoms with Crippen molar-refractivity contribution in [2.75, 3.05) is 18.2 Å². The lowest BCUT2D eigenvalue weighted by molar-refractivity contribution is 0.102. The maximum Gasteiger partial charge on any atom is 0.257 e. The molecule has 1 aromatic heterocycles. The van der Waals surface area contributed by atoms with E-state index in [-0.39, 0.29) is 5.91 Å². The second-order valence-electron chi connectivity index (χ2n) is 4.58. The molecular weight excluding hydrogens is 284 g/mol. The third-order valence-electron chi connectivity index (χ3n) is 3.21. The standard InChI is InChI=1S/C16H14N2O2S/c1-20-12-3-4-13(14(17)9-12)16(19)18-11-2-5-15-10(8-11)6-7-21-15/h2-9H,17H2,1H3,(H,18,19). The van der Waals surface area contributed by atoms with Crippen LogP contribution < -0.4 is 15.8 Å². The first-order chi connectivity index (χ1) is 10.2. The van der Waals surface area contributed by atoms with Gasteiger partial charge in [-0.25, -0.2) is 0 Å². The number of methoxy groups -OCH3 is 1. The SMILES string of the molecule is COc1ccc(C(=O)Nc2ccc3sccc3c2)c(N)c1. The van der Waals surface area contributed by atoms with E-state index in [4.69, 9.17) is 10.5 Å². The van der Waals surface area contributed by atoms with Crippen LogP contribution in [-0.2, 0) is 0 Å². The molecule has 21 heavy (non-hydrogen) atoms. The van der Waals surface area contributed by atoms with Crippen LogP contribution in [-0.4, -0.2) is 13.0 Å². The zero-order valence-corrected chi connectivity index (χ0v) is 12.2. The van der Waals surface area contributed by atoms with Gasteiger partial charge in [-0.2, -0.15) is 0 Å². The fourth-order valence-corrected chi connectivity index (χ4v) is 2.89. The number of carbonyl (C=O) groups is 1. The minimum atomic E-state index is -0.232. The Hall–Kier alpha value is -2.53. The molecule has 1 heterocycles. The Labute approximate surface area is 126 Å². The first-order valence-corrected chi connectivity index (χ1v) is 7.27. The molecule has 0 spiro atoms. The third-order valence-corrected chi connectivity index (χ3v) is 4.11. The van der Waals surface area contributed by atoms with E-state index >= 15 is 0 Å². The van der Waals surface area contributed by atoms with Crippen LogP contribution in [0.5, 0.6) is 5.75 Å². The van der Waals surface area contributed by atoms with Crippen LogP contribution in [0.1, 0.15) is 10.4 Å². The molecule has 3 rings (SSSR count). The van der Waals surface area contributed by atoms with E-state index in [1.807, 2.05) is 29.6 Å². The topological polar surface area (TPSA) is 64.3 Å². The monoisotopic (exact) mass is 298 g/mol. The number of fused-ring (bicyclic) bond motifs is 1. The Kier molecular flexibility index (Phi) is 3.50. The summed E-state index contributed by atoms with van der Waals surface area (Å²) < 4.78 is 6.27. The summed E-state index contributed by atoms with van der Waals surface area (Å²) in [5.74, 6) is 0.397. The van der Waals surface area contributed by atoms with Crippen molar-refractivity contribution in [3.8, 4) is 5.75 Å². The van der Waals surface area contributed by atoms with Crippen molar-refractivity contribution in [2.24, 2.45) is 0 Å². The fraction of sp³-hybridized carbons (Fsp3) is 0.0625. The smallest absolute Gasteiger partial charge is 0.257 e. The molecule has 0 fully saturated rings. The van der Waals surface area contributed by atoms with Crippen molar-refractivity contribution in [1.82, 2.24) is 0 Å². The van der Waals surface area contributed by atoms with Gasteiger partial charge >= 0.3 is 0 Å². The zero-order chi connectivity index (χ0) is 14.8. The number of nitrogen functional groups attached to an aromatic ring is 1. The number of benzene rings is 2. The molecule has 2 aromatic carbocycles. The largest absolute Gasteiger partial charge is 0.497 e. The average Bonchev–Trinajstić information content (AvgIpc) is 2.94. The predicted octanol–water partition coefficient (Wildman–Crippen LogP) is 3.74. The fourth-order valence-electron chi connectivity index (χ4n) is 2.12. The van der Waals surface area contributed by atoms with Gasteiger partial charge in [-0.3, -0.25) is 4.79 Å². The Balaban J connectivity index is 1.85. The van der Waals surface area contributed by atoms with E-state index in [1.165, 1.54) is 4.70 Å². The van der Waals surface area contributed by atoms with E-state index in [1.54, 1.807) is 36.6 Å². The highest BCUT2D eigenvalue weighted by molar-refractivity contribution is 7.17. The minimum Gasteiger partial charge on any atom is -0.497 e. The second-order valence-corrected chi connectivity index (χ2v) is 5.53. The Bertz CT molecular complexity index is 811. The van der Waals surface area contributed by atoms with Crippen LogP contribution in [0, 0.1) is 0 Å². The van der Waals surface area contributed by atoms with Gasteiger partial charge in [0.2, 0.25) is 0 Å². The van der Waals surface area contributed by atoms with E-state index in [0.29, 0.717) is 17.0 Å². The van der Waals surface area contributed by atoms with Crippen molar-refractivity contribution < 1.29 is 9.53 Å². The lowest BCUT2D eigenvalue weighted by Gasteiger charge is -2.09. The summed E-state index contributed by atoms with van der Waals surface area (Å²) in [6.45, 7) is 0. The second kappa shape index (κ2) is 5.46. The Morgan fingerprint density at radius 1 is 1.19 bits per heavy atom. The van der Waals surface area contributed by atoms with Gasteiger partial charge in [0.25, 0.3) is 5.91 Å². The van der Waals surface area contributed by atoms with Crippen LogP contribution in [0.4, 0.5) is 11.4 Å². The summed E-state index contributed by atoms with van der Waals surface area (Å²) in [6.07, 6.45) is 0. The molecule has 0 bridgehead atoms. The quantitative estimate of drug-likeness (QED) is 0.724. The van der Waals surface area contributed by atoms with Crippen LogP contribution in [0.15, 0.2) is 47.8 Å². The minimum absolute atomic E-state index is 0.232. The van der Waals surface area contributed by atoms with Crippen LogP contribution >= 0.6 is 11.3 Å². The van der Waals surface area contributed by atoms with Gasteiger partial charge in [0.15, 0.2) is 0 Å². The van der Waals surface area contributed by atoms with E-state index in [0.717, 1.165) is 11.1 Å². The van der Waals surface area contributed by atoms with Gasteiger partial charge in [-0.15, -0.1) is 11.3 Å². The average molecular weight is 298 g/mol. The van der Waals surface area contributed by atoms with Crippen molar-refractivity contribution in [3.05, 3.63) is 53.4 Å². The molecule has 0 atom stereocenters. The number of rotatable bonds is 3. The maximum atomic E-state index is 12.3. The first-order valence-electron chi connectivity index (χ1n) is 6.39. The molecule has 0 aliphatic carbocycles. The van der Waals surface area contributed by atoms with Gasteiger partial charge in [-0.05, 0) is 47.2 Å². The number of nitrogens with two attached hydrogens (primary N) is 1. The third kappa shape index (κ3) is 2.68. The molecule has 3 aromatic rings. The van der Waals surface area contributed by atoms with Gasteiger partial charge < -0.3 is 15.8 Å². The number of nitrogens with one attached hydrogen (secondary N) is 1. The van der Waals surface area contributed by atoms with Crippen LogP contribution in [0.3, 0.4) is 0 Å². The number of carbonyl (C=O) groups excluding carboxylic acids is 1. The molecule has 0 radical (unpaired) electrons. The first kappa shape index (κ1) is 13.5. The number of ether oxygens (including phenoxy) is 1. The maximum absolute atomic E-state index is 12.3. The number of amides is 1. The van der Waals surface area contributed by atoms with E-state index in [2.05, 4.69) is 5.32 Å². The molecule has 3 N–H and O–H groups in total. The molecule has 5 heteroatoms. The number of thiophene rings is 1. The molecule has 1 amide bonds. The molecule has 0 saturated heterocycles. The highest BCUT2D eigenvalue weighted by Crippen LogP contribution is 2.25. The molecule has 106 valence electrons. The van der Waals surface area contributed by atoms with Gasteiger partial charge in [0, 0.05) is 22.1 Å². The number of hydrogen-bond donors (Lipinski definition) is 2. The number of hydrogen-bond acceptors (Lipinski definition) is 4. The number of anilines is 2. The van der Waals surface area contributed by atoms with Crippen molar-refractivity contribution in [1.29, 1.82) is 0 Å². The highest BCUT2D eigenvalue weighted by atomic mass is 32.1. The van der Waals surface area contributed by atoms with Crippen molar-refractivity contribution in [3.63, 3.8) is 0 Å². The van der Waals surface area contributed by atoms with Crippen LogP contribution in [0.25, 0.3) is 10.1 Å². The molecule has 0 saturated carbocycles. The Morgan fingerprint density at radius 2 is 2.05 bits per heavy atom. The summed E-state index contributed by atoms with van der Waals surface area (Å²) in [7, 11) is 1.56. The van der Waals surface area contributed by atoms with E-state index in [9.17, 15) is 4.79 Å². The normalized spacial score (nSPS) is 10.5. The van der Waals surface area contributed by atoms with Crippen molar-refractivity contribution >= 4 is 38.7 Å². The lowest BCUT2D eigenvalue weighted by atomic mass is 10.1. The molecule has 0 aliphatic rings. The summed E-state index contributed by atoms with van der Waals surface area (Å²) in [5, 5.41) is 6.00. The highest BCUT2D eigenvalue weighted by Gasteiger charge is 2.11. The predicted molar refractivity (Wildman–Crippen MR) is 87.2 cm³/mol. The molecular formula is C16H14N2O2S. The summed E-state index contributed by atoms with van der Waals surface area (Å²) >= 11 is 1.67. The molecule has 0 aliphatic heterocycles. The van der Waals surface area contributed by atoms with Crippen molar-refractivity contribution in [2.45, 2.75) is 0 Å². The van der Waals surface area contributed by atoms with Gasteiger partial charge in [0.05, 0.1) is 12.7 Å². The summed E-state index contributed by atoms with van der Waals surface area (Å²) in [6, 6.07) is 12.9. The van der Waals surface area contributed by atoms with Gasteiger partial charge in [-0.1, -0.05) is 0 Å². The Morgan fingerprint density at radius 3 is 2.81 bits per heavy atom. The van der Waals surface area contributed by atoms with E-state index < -0.39 is 0 Å². The lowest BCUT2D eigenvalue weighted by Crippen LogP contribution is -2.14. The molecule has 0 unspecified atom stereocenters. The van der Waals surface area contributed by atoms with Crippen LogP contribution in [0.2, 0.25) is 0 Å². The molecule has 4 nitrogen and oxygen atoms in total. The summed E-state index contributed by atoms with van der Waals surface area (Å²) in [5.41, 5.74) is 7.46. The zero-order valence-electron chi connectivity index (χ0n) is 11.4.